The van der Waals surface area contributed by atoms with Crippen molar-refractivity contribution in [2.45, 2.75) is 45.6 Å². The van der Waals surface area contributed by atoms with E-state index in [-0.39, 0.29) is 30.1 Å². The standard InChI is InChI=1S/C25H34N6O.HI/c1-3-26-25(27-15-6-10-23-30-29-22-9-4-5-16-31(22)23)28-18-21-8-7-17-32-24(21)20-13-11-19(2)12-14-20;/h4-5,9,11-14,16,21,24H,3,6-8,10,15,17-18H2,1-2H3,(H2,26,27,28);1H. The smallest absolute Gasteiger partial charge is 0.191 e. The minimum Gasteiger partial charge on any atom is -0.373 e. The molecule has 0 spiro atoms. The maximum atomic E-state index is 6.16. The van der Waals surface area contributed by atoms with Gasteiger partial charge in [-0.05, 0) is 50.8 Å². The van der Waals surface area contributed by atoms with Gasteiger partial charge in [-0.25, -0.2) is 0 Å². The van der Waals surface area contributed by atoms with Crippen LogP contribution < -0.4 is 10.6 Å². The van der Waals surface area contributed by atoms with Crippen molar-refractivity contribution in [3.05, 3.63) is 65.6 Å². The predicted molar refractivity (Wildman–Crippen MR) is 143 cm³/mol. The molecule has 1 aromatic carbocycles. The van der Waals surface area contributed by atoms with E-state index < -0.39 is 0 Å². The first kappa shape index (κ1) is 25.4. The van der Waals surface area contributed by atoms with E-state index in [9.17, 15) is 0 Å². The molecule has 3 aromatic rings. The van der Waals surface area contributed by atoms with Crippen molar-refractivity contribution in [1.82, 2.24) is 25.2 Å². The average Bonchev–Trinajstić information content (AvgIpc) is 3.24. The first-order valence-corrected chi connectivity index (χ1v) is 11.7. The molecule has 0 saturated carbocycles. The maximum absolute atomic E-state index is 6.16. The molecule has 1 fully saturated rings. The van der Waals surface area contributed by atoms with Gasteiger partial charge in [-0.15, -0.1) is 34.2 Å². The molecule has 2 N–H and O–H groups in total. The van der Waals surface area contributed by atoms with E-state index in [1.165, 1.54) is 11.1 Å². The molecule has 0 amide bonds. The summed E-state index contributed by atoms with van der Waals surface area (Å²) in [6, 6.07) is 14.7. The van der Waals surface area contributed by atoms with Gasteiger partial charge in [0.15, 0.2) is 11.6 Å². The summed E-state index contributed by atoms with van der Waals surface area (Å²) < 4.78 is 8.21. The van der Waals surface area contributed by atoms with Crippen molar-refractivity contribution in [2.24, 2.45) is 10.9 Å². The number of hydrogen-bond donors (Lipinski definition) is 2. The number of benzene rings is 1. The monoisotopic (exact) mass is 562 g/mol. The Morgan fingerprint density at radius 3 is 2.82 bits per heavy atom. The van der Waals surface area contributed by atoms with Crippen LogP contribution in [0, 0.1) is 12.8 Å². The van der Waals surface area contributed by atoms with Crippen molar-refractivity contribution < 1.29 is 4.74 Å². The molecule has 0 bridgehead atoms. The zero-order valence-corrected chi connectivity index (χ0v) is 21.9. The molecule has 1 aliphatic rings. The molecule has 1 aliphatic heterocycles. The number of pyridine rings is 1. The molecule has 1 saturated heterocycles. The number of guanidine groups is 1. The molecule has 2 unspecified atom stereocenters. The van der Waals surface area contributed by atoms with Crippen LogP contribution in [0.2, 0.25) is 0 Å². The van der Waals surface area contributed by atoms with Crippen LogP contribution in [0.4, 0.5) is 0 Å². The molecule has 0 aliphatic carbocycles. The molecular formula is C25H35IN6O. The Morgan fingerprint density at radius 1 is 1.15 bits per heavy atom. The number of nitrogens with zero attached hydrogens (tertiary/aromatic N) is 4. The largest absolute Gasteiger partial charge is 0.373 e. The van der Waals surface area contributed by atoms with Crippen molar-refractivity contribution in [3.63, 3.8) is 0 Å². The third-order valence-corrected chi connectivity index (χ3v) is 5.93. The number of aromatic nitrogens is 3. The Bertz CT molecular complexity index is 1020. The Labute approximate surface area is 213 Å². The molecule has 3 heterocycles. The summed E-state index contributed by atoms with van der Waals surface area (Å²) in [6.07, 6.45) is 6.19. The molecule has 2 atom stereocenters. The Balaban J connectivity index is 0.00000306. The van der Waals surface area contributed by atoms with E-state index in [4.69, 9.17) is 9.73 Å². The maximum Gasteiger partial charge on any atom is 0.191 e. The minimum atomic E-state index is 0. The van der Waals surface area contributed by atoms with E-state index in [1.54, 1.807) is 0 Å². The summed E-state index contributed by atoms with van der Waals surface area (Å²) in [6.45, 7) is 7.46. The number of halogens is 1. The number of ether oxygens (including phenoxy) is 1. The van der Waals surface area contributed by atoms with E-state index in [2.05, 4.69) is 58.9 Å². The highest BCUT2D eigenvalue weighted by Crippen LogP contribution is 2.33. The lowest BCUT2D eigenvalue weighted by atomic mass is 9.89. The van der Waals surface area contributed by atoms with Crippen LogP contribution >= 0.6 is 24.0 Å². The Morgan fingerprint density at radius 2 is 2.00 bits per heavy atom. The van der Waals surface area contributed by atoms with Gasteiger partial charge in [0.25, 0.3) is 0 Å². The van der Waals surface area contributed by atoms with Crippen molar-refractivity contribution in [1.29, 1.82) is 0 Å². The van der Waals surface area contributed by atoms with Gasteiger partial charge < -0.3 is 15.4 Å². The van der Waals surface area contributed by atoms with Crippen LogP contribution in [0.1, 0.15) is 49.2 Å². The highest BCUT2D eigenvalue weighted by Gasteiger charge is 2.27. The van der Waals surface area contributed by atoms with Crippen LogP contribution in [-0.4, -0.2) is 46.8 Å². The predicted octanol–water partition coefficient (Wildman–Crippen LogP) is 4.31. The fraction of sp³-hybridized carbons (Fsp3) is 0.480. The number of fused-ring (bicyclic) bond motifs is 1. The third kappa shape index (κ3) is 6.89. The van der Waals surface area contributed by atoms with Gasteiger partial charge in [0, 0.05) is 44.8 Å². The molecule has 178 valence electrons. The summed E-state index contributed by atoms with van der Waals surface area (Å²) in [5, 5.41) is 15.4. The first-order chi connectivity index (χ1) is 15.7. The normalized spacial score (nSPS) is 18.7. The average molecular weight is 563 g/mol. The number of aryl methyl sites for hydroxylation is 2. The van der Waals surface area contributed by atoms with Gasteiger partial charge in [0.2, 0.25) is 0 Å². The van der Waals surface area contributed by atoms with Crippen LogP contribution in [0.5, 0.6) is 0 Å². The molecule has 8 heteroatoms. The third-order valence-electron chi connectivity index (χ3n) is 5.93. The van der Waals surface area contributed by atoms with Crippen LogP contribution in [0.3, 0.4) is 0 Å². The highest BCUT2D eigenvalue weighted by molar-refractivity contribution is 14.0. The molecule has 33 heavy (non-hydrogen) atoms. The lowest BCUT2D eigenvalue weighted by Gasteiger charge is -2.31. The van der Waals surface area contributed by atoms with Crippen molar-refractivity contribution in [2.75, 3.05) is 26.2 Å². The quantitative estimate of drug-likeness (QED) is 0.185. The Hall–Kier alpha value is -2.20. The molecular weight excluding hydrogens is 527 g/mol. The lowest BCUT2D eigenvalue weighted by molar-refractivity contribution is -0.0250. The lowest BCUT2D eigenvalue weighted by Crippen LogP contribution is -2.38. The SMILES string of the molecule is CCNC(=NCC1CCCOC1c1ccc(C)cc1)NCCCc1nnc2ccccn12.I. The van der Waals surface area contributed by atoms with Gasteiger partial charge in [-0.3, -0.25) is 9.39 Å². The van der Waals surface area contributed by atoms with Gasteiger partial charge >= 0.3 is 0 Å². The number of aliphatic imine (C=N–C) groups is 1. The summed E-state index contributed by atoms with van der Waals surface area (Å²) in [4.78, 5) is 4.90. The summed E-state index contributed by atoms with van der Waals surface area (Å²) in [5.74, 6) is 2.25. The first-order valence-electron chi connectivity index (χ1n) is 11.7. The summed E-state index contributed by atoms with van der Waals surface area (Å²) in [5.41, 5.74) is 3.43. The summed E-state index contributed by atoms with van der Waals surface area (Å²) in [7, 11) is 0. The van der Waals surface area contributed by atoms with Gasteiger partial charge in [0.05, 0.1) is 6.10 Å². The van der Waals surface area contributed by atoms with Gasteiger partial charge in [0.1, 0.15) is 5.82 Å². The van der Waals surface area contributed by atoms with Gasteiger partial charge in [-0.1, -0.05) is 35.9 Å². The van der Waals surface area contributed by atoms with Gasteiger partial charge in [-0.2, -0.15) is 0 Å². The second-order valence-corrected chi connectivity index (χ2v) is 8.40. The van der Waals surface area contributed by atoms with E-state index in [0.29, 0.717) is 5.92 Å². The zero-order valence-electron chi connectivity index (χ0n) is 19.5. The van der Waals surface area contributed by atoms with E-state index in [1.807, 2.05) is 28.8 Å². The second kappa shape index (κ2) is 12.9. The number of nitrogens with one attached hydrogen (secondary N) is 2. The van der Waals surface area contributed by atoms with Crippen LogP contribution in [0.15, 0.2) is 53.7 Å². The minimum absolute atomic E-state index is 0. The molecule has 4 rings (SSSR count). The molecule has 0 radical (unpaired) electrons. The van der Waals surface area contributed by atoms with E-state index >= 15 is 0 Å². The number of hydrogen-bond acceptors (Lipinski definition) is 4. The highest BCUT2D eigenvalue weighted by atomic mass is 127. The van der Waals surface area contributed by atoms with E-state index in [0.717, 1.165) is 69.4 Å². The fourth-order valence-electron chi connectivity index (χ4n) is 4.22. The van der Waals surface area contributed by atoms with Crippen molar-refractivity contribution >= 4 is 35.6 Å². The Kier molecular flexibility index (Phi) is 9.93. The topological polar surface area (TPSA) is 75.8 Å². The zero-order chi connectivity index (χ0) is 22.2. The molecule has 2 aromatic heterocycles. The fourth-order valence-corrected chi connectivity index (χ4v) is 4.22. The van der Waals surface area contributed by atoms with Crippen molar-refractivity contribution in [3.8, 4) is 0 Å². The molecule has 7 nitrogen and oxygen atoms in total. The summed E-state index contributed by atoms with van der Waals surface area (Å²) >= 11 is 0. The number of rotatable bonds is 8. The van der Waals surface area contributed by atoms with Crippen LogP contribution in [0.25, 0.3) is 5.65 Å². The second-order valence-electron chi connectivity index (χ2n) is 8.40. The van der Waals surface area contributed by atoms with Crippen LogP contribution in [-0.2, 0) is 11.2 Å².